The van der Waals surface area contributed by atoms with Crippen LogP contribution in [-0.4, -0.2) is 26.2 Å². The number of ether oxygens (including phenoxy) is 1. The van der Waals surface area contributed by atoms with Gasteiger partial charge in [0, 0.05) is 6.54 Å². The highest BCUT2D eigenvalue weighted by molar-refractivity contribution is 6.04. The van der Waals surface area contributed by atoms with Gasteiger partial charge in [-0.2, -0.15) is 5.32 Å². The lowest BCUT2D eigenvalue weighted by molar-refractivity contribution is 0.255. The van der Waals surface area contributed by atoms with Crippen molar-refractivity contribution >= 4 is 17.4 Å². The average Bonchev–Trinajstić information content (AvgIpc) is 2.89. The van der Waals surface area contributed by atoms with E-state index in [2.05, 4.69) is 28.1 Å². The zero-order valence-electron chi connectivity index (χ0n) is 12.4. The van der Waals surface area contributed by atoms with Crippen molar-refractivity contribution < 1.29 is 9.53 Å². The third-order valence-electron chi connectivity index (χ3n) is 3.45. The van der Waals surface area contributed by atoms with Gasteiger partial charge in [0.1, 0.15) is 18.0 Å². The molecule has 5 heteroatoms. The Hall–Kier alpha value is -2.53. The fourth-order valence-corrected chi connectivity index (χ4v) is 2.43. The van der Waals surface area contributed by atoms with Gasteiger partial charge in [-0.25, -0.2) is 4.79 Å². The summed E-state index contributed by atoms with van der Waals surface area (Å²) in [5.74, 6) is 0.650. The number of rotatable bonds is 6. The van der Waals surface area contributed by atoms with Crippen molar-refractivity contribution in [3.63, 3.8) is 0 Å². The molecular weight excluding hydrogens is 278 g/mol. The predicted octanol–water partition coefficient (Wildman–Crippen LogP) is 2.66. The SMILES string of the molecule is CNCCOc1cc(Cc2ccccc2)cc2c1[N]C(=O)N2. The molecule has 3 rings (SSSR count). The van der Waals surface area contributed by atoms with Crippen LogP contribution in [-0.2, 0) is 6.42 Å². The summed E-state index contributed by atoms with van der Waals surface area (Å²) in [6, 6.07) is 13.8. The van der Waals surface area contributed by atoms with Crippen LogP contribution >= 0.6 is 0 Å². The second-order valence-electron chi connectivity index (χ2n) is 5.15. The molecule has 1 aliphatic rings. The molecule has 2 amide bonds. The maximum Gasteiger partial charge on any atom is 0.346 e. The van der Waals surface area contributed by atoms with Crippen LogP contribution in [0.3, 0.4) is 0 Å². The number of nitrogens with zero attached hydrogens (tertiary/aromatic N) is 1. The number of hydrogen-bond donors (Lipinski definition) is 2. The van der Waals surface area contributed by atoms with Gasteiger partial charge in [-0.05, 0) is 36.7 Å². The molecule has 0 aliphatic carbocycles. The zero-order chi connectivity index (χ0) is 15.4. The smallest absolute Gasteiger partial charge is 0.346 e. The fourth-order valence-electron chi connectivity index (χ4n) is 2.43. The number of fused-ring (bicyclic) bond motifs is 1. The summed E-state index contributed by atoms with van der Waals surface area (Å²) >= 11 is 0. The van der Waals surface area contributed by atoms with Crippen molar-refractivity contribution in [2.24, 2.45) is 0 Å². The van der Waals surface area contributed by atoms with Crippen LogP contribution in [0.25, 0.3) is 0 Å². The minimum Gasteiger partial charge on any atom is -0.490 e. The van der Waals surface area contributed by atoms with Gasteiger partial charge in [-0.3, -0.25) is 0 Å². The molecule has 22 heavy (non-hydrogen) atoms. The second kappa shape index (κ2) is 6.49. The summed E-state index contributed by atoms with van der Waals surface area (Å²) in [6.45, 7) is 1.26. The highest BCUT2D eigenvalue weighted by atomic mass is 16.5. The highest BCUT2D eigenvalue weighted by Gasteiger charge is 2.24. The van der Waals surface area contributed by atoms with Crippen molar-refractivity contribution in [2.75, 3.05) is 25.5 Å². The Balaban J connectivity index is 1.86. The molecule has 0 atom stereocenters. The number of carbonyl (C=O) groups is 1. The zero-order valence-corrected chi connectivity index (χ0v) is 12.4. The molecule has 1 radical (unpaired) electrons. The van der Waals surface area contributed by atoms with E-state index in [1.807, 2.05) is 37.4 Å². The van der Waals surface area contributed by atoms with E-state index in [1.165, 1.54) is 5.56 Å². The van der Waals surface area contributed by atoms with E-state index in [1.54, 1.807) is 0 Å². The number of urea groups is 1. The summed E-state index contributed by atoms with van der Waals surface area (Å²) in [4.78, 5) is 11.5. The molecule has 2 aromatic carbocycles. The van der Waals surface area contributed by atoms with E-state index in [0.717, 1.165) is 24.2 Å². The molecule has 5 nitrogen and oxygen atoms in total. The van der Waals surface area contributed by atoms with Gasteiger partial charge >= 0.3 is 6.03 Å². The van der Waals surface area contributed by atoms with Gasteiger partial charge in [-0.1, -0.05) is 30.3 Å². The normalized spacial score (nSPS) is 12.5. The van der Waals surface area contributed by atoms with Gasteiger partial charge in [0.15, 0.2) is 0 Å². The van der Waals surface area contributed by atoms with Crippen molar-refractivity contribution in [3.8, 4) is 5.75 Å². The molecule has 2 N–H and O–H groups in total. The van der Waals surface area contributed by atoms with E-state index >= 15 is 0 Å². The van der Waals surface area contributed by atoms with Gasteiger partial charge in [-0.15, -0.1) is 0 Å². The highest BCUT2D eigenvalue weighted by Crippen LogP contribution is 2.38. The van der Waals surface area contributed by atoms with Gasteiger partial charge in [0.25, 0.3) is 0 Å². The first-order valence-corrected chi connectivity index (χ1v) is 7.27. The predicted molar refractivity (Wildman–Crippen MR) is 85.9 cm³/mol. The van der Waals surface area contributed by atoms with E-state index in [9.17, 15) is 4.79 Å². The minimum absolute atomic E-state index is 0.342. The third-order valence-corrected chi connectivity index (χ3v) is 3.45. The lowest BCUT2D eigenvalue weighted by Gasteiger charge is -2.11. The molecule has 1 aliphatic heterocycles. The van der Waals surface area contributed by atoms with Gasteiger partial charge in [0.2, 0.25) is 0 Å². The van der Waals surface area contributed by atoms with Crippen LogP contribution in [0.4, 0.5) is 16.2 Å². The van der Waals surface area contributed by atoms with E-state index in [-0.39, 0.29) is 6.03 Å². The first-order chi connectivity index (χ1) is 10.8. The molecule has 0 saturated heterocycles. The maximum absolute atomic E-state index is 11.5. The summed E-state index contributed by atoms with van der Waals surface area (Å²) in [7, 11) is 1.87. The standard InChI is InChI=1S/C17H18N3O2/c1-18-7-8-22-15-11-13(9-12-5-3-2-4-6-12)10-14-16(15)20-17(21)19-14/h2-6,10-11,18H,7-9H2,1H3,(H,19,21). The first-order valence-electron chi connectivity index (χ1n) is 7.27. The van der Waals surface area contributed by atoms with Crippen LogP contribution in [0.5, 0.6) is 5.75 Å². The van der Waals surface area contributed by atoms with Crippen LogP contribution in [0.1, 0.15) is 11.1 Å². The number of benzene rings is 2. The number of carbonyl (C=O) groups excluding carboxylic acids is 1. The van der Waals surface area contributed by atoms with Crippen LogP contribution in [0.15, 0.2) is 42.5 Å². The Morgan fingerprint density at radius 2 is 2.00 bits per heavy atom. The molecular formula is C17H18N3O2. The number of hydrogen-bond acceptors (Lipinski definition) is 3. The Labute approximate surface area is 129 Å². The Bertz CT molecular complexity index is 671. The van der Waals surface area contributed by atoms with E-state index < -0.39 is 0 Å². The van der Waals surface area contributed by atoms with Gasteiger partial charge in [0.05, 0.1) is 5.69 Å². The van der Waals surface area contributed by atoms with Crippen molar-refractivity contribution in [3.05, 3.63) is 53.6 Å². The molecule has 0 fully saturated rings. The Morgan fingerprint density at radius 1 is 1.18 bits per heavy atom. The molecule has 113 valence electrons. The fraction of sp³-hybridized carbons (Fsp3) is 0.235. The number of amides is 2. The lowest BCUT2D eigenvalue weighted by Crippen LogP contribution is -2.16. The number of likely N-dealkylation sites (N-methyl/N-ethyl adjacent to an activating group) is 1. The van der Waals surface area contributed by atoms with Crippen molar-refractivity contribution in [1.82, 2.24) is 10.6 Å². The van der Waals surface area contributed by atoms with E-state index in [0.29, 0.717) is 18.0 Å². The lowest BCUT2D eigenvalue weighted by atomic mass is 10.0. The van der Waals surface area contributed by atoms with Crippen LogP contribution in [0, 0.1) is 0 Å². The average molecular weight is 296 g/mol. The minimum atomic E-state index is -0.342. The molecule has 2 aromatic rings. The summed E-state index contributed by atoms with van der Waals surface area (Å²) < 4.78 is 5.77. The van der Waals surface area contributed by atoms with Crippen LogP contribution < -0.4 is 20.7 Å². The molecule has 0 spiro atoms. The largest absolute Gasteiger partial charge is 0.490 e. The molecule has 0 saturated carbocycles. The quantitative estimate of drug-likeness (QED) is 0.805. The molecule has 1 heterocycles. The second-order valence-corrected chi connectivity index (χ2v) is 5.15. The third kappa shape index (κ3) is 3.20. The van der Waals surface area contributed by atoms with E-state index in [4.69, 9.17) is 4.74 Å². The topological polar surface area (TPSA) is 64.5 Å². The monoisotopic (exact) mass is 296 g/mol. The molecule has 0 bridgehead atoms. The van der Waals surface area contributed by atoms with Crippen LogP contribution in [0.2, 0.25) is 0 Å². The van der Waals surface area contributed by atoms with Crippen molar-refractivity contribution in [1.29, 1.82) is 0 Å². The summed E-state index contributed by atoms with van der Waals surface area (Å²) in [6.07, 6.45) is 0.784. The van der Waals surface area contributed by atoms with Gasteiger partial charge < -0.3 is 15.4 Å². The maximum atomic E-state index is 11.5. The molecule has 0 aromatic heterocycles. The first kappa shape index (κ1) is 14.4. The summed E-state index contributed by atoms with van der Waals surface area (Å²) in [5, 5.41) is 9.77. The molecule has 0 unspecified atom stereocenters. The summed E-state index contributed by atoms with van der Waals surface area (Å²) in [5.41, 5.74) is 3.61. The Morgan fingerprint density at radius 3 is 2.77 bits per heavy atom. The number of anilines is 1. The number of nitrogens with one attached hydrogen (secondary N) is 2. The van der Waals surface area contributed by atoms with Crippen molar-refractivity contribution in [2.45, 2.75) is 6.42 Å². The Kier molecular flexibility index (Phi) is 4.25.